The highest BCUT2D eigenvalue weighted by Gasteiger charge is 2.08. The second-order valence-corrected chi connectivity index (χ2v) is 6.45. The Kier molecular flexibility index (Phi) is 6.64. The van der Waals surface area contributed by atoms with Crippen LogP contribution in [0.3, 0.4) is 0 Å². The number of thiocarbonyl (C=S) groups is 1. The van der Waals surface area contributed by atoms with Crippen LogP contribution in [-0.2, 0) is 6.54 Å². The molecule has 0 saturated heterocycles. The van der Waals surface area contributed by atoms with E-state index in [0.29, 0.717) is 23.0 Å². The molecule has 2 aromatic carbocycles. The number of carbonyl (C=O) groups excluding carboxylic acids is 1. The van der Waals surface area contributed by atoms with E-state index >= 15 is 0 Å². The van der Waals surface area contributed by atoms with Crippen LogP contribution in [0, 0.1) is 0 Å². The molecule has 1 heterocycles. The van der Waals surface area contributed by atoms with Crippen LogP contribution in [0.15, 0.2) is 54.6 Å². The zero-order valence-electron chi connectivity index (χ0n) is 15.4. The fraction of sp³-hybridized carbons (Fsp3) is 0.211. The summed E-state index contributed by atoms with van der Waals surface area (Å²) in [4.78, 5) is 13.7. The maximum absolute atomic E-state index is 12.2. The lowest BCUT2D eigenvalue weighted by Crippen LogP contribution is -2.46. The van der Waals surface area contributed by atoms with Crippen molar-refractivity contribution in [3.63, 3.8) is 0 Å². The first-order valence-electron chi connectivity index (χ1n) is 8.92. The molecule has 9 heteroatoms. The van der Waals surface area contributed by atoms with E-state index in [9.17, 15) is 4.79 Å². The van der Waals surface area contributed by atoms with E-state index in [4.69, 9.17) is 12.2 Å². The Morgan fingerprint density at radius 1 is 1.07 bits per heavy atom. The summed E-state index contributed by atoms with van der Waals surface area (Å²) in [6.45, 7) is 3.25. The van der Waals surface area contributed by atoms with Gasteiger partial charge in [0, 0.05) is 17.7 Å². The zero-order chi connectivity index (χ0) is 19.8. The summed E-state index contributed by atoms with van der Waals surface area (Å²) >= 11 is 5.06. The highest BCUT2D eigenvalue weighted by Crippen LogP contribution is 2.12. The summed E-state index contributed by atoms with van der Waals surface area (Å²) in [5.41, 5.74) is 7.64. The first-order chi connectivity index (χ1) is 13.7. The second-order valence-electron chi connectivity index (χ2n) is 6.04. The highest BCUT2D eigenvalue weighted by atomic mass is 32.1. The van der Waals surface area contributed by atoms with Crippen molar-refractivity contribution in [3.05, 3.63) is 65.7 Å². The van der Waals surface area contributed by atoms with Crippen molar-refractivity contribution in [2.75, 3.05) is 6.54 Å². The third-order valence-electron chi connectivity index (χ3n) is 3.85. The smallest absolute Gasteiger partial charge is 0.269 e. The fourth-order valence-corrected chi connectivity index (χ4v) is 2.56. The van der Waals surface area contributed by atoms with Gasteiger partial charge in [0.05, 0.1) is 6.54 Å². The Balaban J connectivity index is 1.55. The van der Waals surface area contributed by atoms with Gasteiger partial charge in [0.2, 0.25) is 5.82 Å². The molecule has 0 atom stereocenters. The lowest BCUT2D eigenvalue weighted by molar-refractivity contribution is 0.0943. The molecule has 0 aliphatic rings. The van der Waals surface area contributed by atoms with Crippen LogP contribution in [0.2, 0.25) is 0 Å². The van der Waals surface area contributed by atoms with Gasteiger partial charge in [-0.25, -0.2) is 0 Å². The van der Waals surface area contributed by atoms with Crippen molar-refractivity contribution in [1.29, 1.82) is 0 Å². The van der Waals surface area contributed by atoms with Gasteiger partial charge >= 0.3 is 0 Å². The number of tetrazole rings is 1. The van der Waals surface area contributed by atoms with E-state index in [1.54, 1.807) is 12.1 Å². The second kappa shape index (κ2) is 9.56. The zero-order valence-corrected chi connectivity index (χ0v) is 16.2. The van der Waals surface area contributed by atoms with E-state index < -0.39 is 0 Å². The molecule has 28 heavy (non-hydrogen) atoms. The van der Waals surface area contributed by atoms with E-state index in [-0.39, 0.29) is 5.91 Å². The van der Waals surface area contributed by atoms with Crippen LogP contribution in [0.25, 0.3) is 11.4 Å². The van der Waals surface area contributed by atoms with Crippen LogP contribution < -0.4 is 16.2 Å². The number of benzene rings is 2. The van der Waals surface area contributed by atoms with Crippen LogP contribution >= 0.6 is 12.2 Å². The Hall–Kier alpha value is -3.33. The van der Waals surface area contributed by atoms with Crippen molar-refractivity contribution in [3.8, 4) is 11.4 Å². The molecule has 1 amide bonds. The van der Waals surface area contributed by atoms with E-state index in [2.05, 4.69) is 31.6 Å². The molecule has 144 valence electrons. The van der Waals surface area contributed by atoms with E-state index in [0.717, 1.165) is 24.1 Å². The molecule has 3 rings (SSSR count). The normalized spacial score (nSPS) is 10.3. The van der Waals surface area contributed by atoms with Gasteiger partial charge in [0.25, 0.3) is 5.91 Å². The number of nitrogens with zero attached hydrogens (tertiary/aromatic N) is 4. The van der Waals surface area contributed by atoms with Gasteiger partial charge < -0.3 is 5.32 Å². The van der Waals surface area contributed by atoms with Gasteiger partial charge in [-0.2, -0.15) is 4.80 Å². The molecule has 3 N–H and O–H groups in total. The largest absolute Gasteiger partial charge is 0.361 e. The van der Waals surface area contributed by atoms with Crippen LogP contribution in [0.5, 0.6) is 0 Å². The standard InChI is InChI=1S/C19H21N7OS/c1-2-12-20-19(28)23-22-18(27)16-10-8-14(9-11-16)13-26-24-17(21-25-26)15-6-4-3-5-7-15/h3-11H,2,12-13H2,1H3,(H,22,27)(H2,20,23,28). The summed E-state index contributed by atoms with van der Waals surface area (Å²) in [6.07, 6.45) is 0.949. The Morgan fingerprint density at radius 2 is 1.82 bits per heavy atom. The molecule has 0 aliphatic heterocycles. The SMILES string of the molecule is CCCNC(=S)NNC(=O)c1ccc(Cn2nnc(-c3ccccc3)n2)cc1. The van der Waals surface area contributed by atoms with Crippen molar-refractivity contribution < 1.29 is 4.79 Å². The summed E-state index contributed by atoms with van der Waals surface area (Å²) in [5.74, 6) is 0.313. The van der Waals surface area contributed by atoms with Gasteiger partial charge in [0.1, 0.15) is 0 Å². The summed E-state index contributed by atoms with van der Waals surface area (Å²) in [5, 5.41) is 15.9. The molecular formula is C19H21N7OS. The Morgan fingerprint density at radius 3 is 2.54 bits per heavy atom. The molecule has 0 fully saturated rings. The number of nitrogens with one attached hydrogen (secondary N) is 3. The van der Waals surface area contributed by atoms with Crippen molar-refractivity contribution in [2.24, 2.45) is 0 Å². The Bertz CT molecular complexity index is 925. The summed E-state index contributed by atoms with van der Waals surface area (Å²) in [6, 6.07) is 16.9. The van der Waals surface area contributed by atoms with Gasteiger partial charge in [0.15, 0.2) is 5.11 Å². The summed E-state index contributed by atoms with van der Waals surface area (Å²) < 4.78 is 0. The first kappa shape index (κ1) is 19.4. The summed E-state index contributed by atoms with van der Waals surface area (Å²) in [7, 11) is 0. The number of hydrogen-bond acceptors (Lipinski definition) is 5. The maximum Gasteiger partial charge on any atom is 0.269 e. The molecule has 1 aromatic heterocycles. The third kappa shape index (κ3) is 5.34. The molecule has 0 unspecified atom stereocenters. The number of hydrazine groups is 1. The maximum atomic E-state index is 12.2. The molecule has 0 radical (unpaired) electrons. The van der Waals surface area contributed by atoms with Gasteiger partial charge in [-0.1, -0.05) is 49.4 Å². The number of carbonyl (C=O) groups is 1. The quantitative estimate of drug-likeness (QED) is 0.433. The van der Waals surface area contributed by atoms with Crippen molar-refractivity contribution in [2.45, 2.75) is 19.9 Å². The van der Waals surface area contributed by atoms with Gasteiger partial charge in [-0.15, -0.1) is 10.2 Å². The molecular weight excluding hydrogens is 374 g/mol. The number of hydrogen-bond donors (Lipinski definition) is 3. The van der Waals surface area contributed by atoms with Crippen LogP contribution in [0.1, 0.15) is 29.3 Å². The minimum Gasteiger partial charge on any atom is -0.361 e. The molecule has 0 spiro atoms. The molecule has 0 saturated carbocycles. The number of rotatable bonds is 6. The minimum atomic E-state index is -0.266. The molecule has 3 aromatic rings. The highest BCUT2D eigenvalue weighted by molar-refractivity contribution is 7.80. The topological polar surface area (TPSA) is 96.8 Å². The molecule has 8 nitrogen and oxygen atoms in total. The lowest BCUT2D eigenvalue weighted by Gasteiger charge is -2.11. The number of aromatic nitrogens is 4. The third-order valence-corrected chi connectivity index (χ3v) is 4.10. The van der Waals surface area contributed by atoms with Crippen molar-refractivity contribution in [1.82, 2.24) is 36.4 Å². The minimum absolute atomic E-state index is 0.266. The van der Waals surface area contributed by atoms with E-state index in [1.165, 1.54) is 4.80 Å². The van der Waals surface area contributed by atoms with Gasteiger partial charge in [-0.05, 0) is 41.5 Å². The molecule has 0 aliphatic carbocycles. The average molecular weight is 395 g/mol. The van der Waals surface area contributed by atoms with Crippen LogP contribution in [-0.4, -0.2) is 37.8 Å². The van der Waals surface area contributed by atoms with E-state index in [1.807, 2.05) is 49.4 Å². The first-order valence-corrected chi connectivity index (χ1v) is 9.33. The predicted octanol–water partition coefficient (Wildman–Crippen LogP) is 1.91. The molecule has 0 bridgehead atoms. The predicted molar refractivity (Wildman–Crippen MR) is 110 cm³/mol. The monoisotopic (exact) mass is 395 g/mol. The fourth-order valence-electron chi connectivity index (χ4n) is 2.41. The average Bonchev–Trinajstić information content (AvgIpc) is 3.20. The van der Waals surface area contributed by atoms with Gasteiger partial charge in [-0.3, -0.25) is 15.6 Å². The lowest BCUT2D eigenvalue weighted by atomic mass is 10.1. The number of amides is 1. The van der Waals surface area contributed by atoms with Crippen molar-refractivity contribution >= 4 is 23.2 Å². The Labute approximate surface area is 168 Å². The van der Waals surface area contributed by atoms with Crippen LogP contribution in [0.4, 0.5) is 0 Å².